The number of rotatable bonds is 13. The van der Waals surface area contributed by atoms with Gasteiger partial charge in [0.05, 0.1) is 6.04 Å². The molecule has 3 aliphatic rings. The van der Waals surface area contributed by atoms with Crippen molar-refractivity contribution in [3.8, 4) is 0 Å². The molecule has 46 heavy (non-hydrogen) atoms. The Balaban J connectivity index is 1.77. The Bertz CT molecular complexity index is 1150. The van der Waals surface area contributed by atoms with E-state index in [-0.39, 0.29) is 18.4 Å². The molecular formula is C34H55N5O7. The third kappa shape index (κ3) is 10.8. The van der Waals surface area contributed by atoms with Crippen molar-refractivity contribution < 1.29 is 33.5 Å². The summed E-state index contributed by atoms with van der Waals surface area (Å²) in [4.78, 5) is 81.3. The zero-order valence-corrected chi connectivity index (χ0v) is 28.5. The van der Waals surface area contributed by atoms with E-state index >= 15 is 0 Å². The maximum atomic E-state index is 14.2. The molecule has 0 bridgehead atoms. The highest BCUT2D eigenvalue weighted by Gasteiger charge is 2.44. The minimum absolute atomic E-state index is 0.105. The zero-order valence-electron chi connectivity index (χ0n) is 28.5. The molecule has 4 atom stereocenters. The molecule has 12 nitrogen and oxygen atoms in total. The standard InChI is InChI=1S/C34H55N5O7/c1-8-18-35-30(43)26(40)23(20-21-16-17-21)36-28(41)24-15-12-19-39(24)31(44)27(33(2,3)4)38-29(42)25(22-13-10-9-11-14-22)37-32(45)46-34(5,6)7/h8,21-25,27H,1,9-20H2,2-7H3,(H,35,43)(H,36,41)(H,37,45)(H,38,42)/t23?,24-,25-,27+/m0/s1. The van der Waals surface area contributed by atoms with Crippen LogP contribution in [0.25, 0.3) is 0 Å². The predicted octanol–water partition coefficient (Wildman–Crippen LogP) is 3.14. The number of likely N-dealkylation sites (tertiary alicyclic amines) is 1. The molecule has 5 amide bonds. The van der Waals surface area contributed by atoms with E-state index in [2.05, 4.69) is 27.8 Å². The highest BCUT2D eigenvalue weighted by Crippen LogP contribution is 2.34. The van der Waals surface area contributed by atoms with Gasteiger partial charge in [-0.05, 0) is 70.1 Å². The van der Waals surface area contributed by atoms with Crippen LogP contribution in [-0.2, 0) is 28.7 Å². The second-order valence-electron chi connectivity index (χ2n) is 15.1. The minimum Gasteiger partial charge on any atom is -0.444 e. The second-order valence-corrected chi connectivity index (χ2v) is 15.1. The topological polar surface area (TPSA) is 163 Å². The van der Waals surface area contributed by atoms with Crippen LogP contribution in [0.4, 0.5) is 4.79 Å². The molecule has 0 aromatic carbocycles. The summed E-state index contributed by atoms with van der Waals surface area (Å²) in [5.41, 5.74) is -1.47. The first-order valence-corrected chi connectivity index (χ1v) is 16.9. The van der Waals surface area contributed by atoms with Crippen molar-refractivity contribution in [3.63, 3.8) is 0 Å². The summed E-state index contributed by atoms with van der Waals surface area (Å²) < 4.78 is 5.46. The van der Waals surface area contributed by atoms with E-state index in [1.54, 1.807) is 20.8 Å². The number of ketones is 1. The maximum absolute atomic E-state index is 14.2. The normalized spacial score (nSPS) is 20.9. The van der Waals surface area contributed by atoms with Gasteiger partial charge in [-0.25, -0.2) is 4.79 Å². The van der Waals surface area contributed by atoms with Gasteiger partial charge < -0.3 is 30.9 Å². The van der Waals surface area contributed by atoms with E-state index in [4.69, 9.17) is 4.74 Å². The van der Waals surface area contributed by atoms with Gasteiger partial charge in [-0.3, -0.25) is 24.0 Å². The van der Waals surface area contributed by atoms with Crippen molar-refractivity contribution in [2.75, 3.05) is 13.1 Å². The first-order chi connectivity index (χ1) is 21.5. The van der Waals surface area contributed by atoms with Crippen molar-refractivity contribution in [3.05, 3.63) is 12.7 Å². The number of hydrogen-bond acceptors (Lipinski definition) is 7. The Morgan fingerprint density at radius 3 is 2.09 bits per heavy atom. The van der Waals surface area contributed by atoms with Crippen LogP contribution in [0.1, 0.15) is 106 Å². The summed E-state index contributed by atoms with van der Waals surface area (Å²) >= 11 is 0. The zero-order chi connectivity index (χ0) is 34.2. The van der Waals surface area contributed by atoms with Crippen molar-refractivity contribution in [2.24, 2.45) is 17.3 Å². The molecule has 0 radical (unpaired) electrons. The maximum Gasteiger partial charge on any atom is 0.408 e. The molecule has 3 fully saturated rings. The average Bonchev–Trinajstić information content (AvgIpc) is 3.66. The van der Waals surface area contributed by atoms with Crippen LogP contribution >= 0.6 is 0 Å². The number of nitrogens with one attached hydrogen (secondary N) is 4. The van der Waals surface area contributed by atoms with Crippen LogP contribution < -0.4 is 21.3 Å². The molecule has 0 aromatic rings. The summed E-state index contributed by atoms with van der Waals surface area (Å²) in [6.07, 6.45) is 8.43. The smallest absolute Gasteiger partial charge is 0.408 e. The third-order valence-electron chi connectivity index (χ3n) is 8.84. The van der Waals surface area contributed by atoms with Gasteiger partial charge >= 0.3 is 6.09 Å². The van der Waals surface area contributed by atoms with Gasteiger partial charge in [-0.1, -0.05) is 59.0 Å². The van der Waals surface area contributed by atoms with E-state index < -0.39 is 70.7 Å². The van der Waals surface area contributed by atoms with Crippen molar-refractivity contribution in [2.45, 2.75) is 136 Å². The molecule has 258 valence electrons. The Hall–Kier alpha value is -3.44. The molecule has 12 heteroatoms. The lowest BCUT2D eigenvalue weighted by Gasteiger charge is -2.37. The van der Waals surface area contributed by atoms with Crippen molar-refractivity contribution in [1.82, 2.24) is 26.2 Å². The molecule has 4 N–H and O–H groups in total. The Kier molecular flexibility index (Phi) is 12.8. The Morgan fingerprint density at radius 1 is 0.870 bits per heavy atom. The van der Waals surface area contributed by atoms with Gasteiger partial charge in [0.25, 0.3) is 5.91 Å². The lowest BCUT2D eigenvalue weighted by atomic mass is 9.82. The molecule has 1 aliphatic heterocycles. The molecule has 0 spiro atoms. The van der Waals surface area contributed by atoms with Crippen molar-refractivity contribution in [1.29, 1.82) is 0 Å². The largest absolute Gasteiger partial charge is 0.444 e. The molecule has 2 aliphatic carbocycles. The number of carbonyl (C=O) groups is 6. The molecule has 1 unspecified atom stereocenters. The van der Waals surface area contributed by atoms with E-state index in [1.165, 1.54) is 11.0 Å². The van der Waals surface area contributed by atoms with Crippen LogP contribution in [0, 0.1) is 17.3 Å². The molecule has 1 heterocycles. The summed E-state index contributed by atoms with van der Waals surface area (Å²) in [6, 6.07) is -3.72. The fraction of sp³-hybridized carbons (Fsp3) is 0.765. The summed E-state index contributed by atoms with van der Waals surface area (Å²) in [6.45, 7) is 14.8. The number of amides is 5. The molecule has 3 rings (SSSR count). The number of alkyl carbamates (subject to hydrolysis) is 1. The SMILES string of the molecule is C=CCNC(=O)C(=O)C(CC1CC1)NC(=O)[C@@H]1CCCN1C(=O)[C@@H](NC(=O)[C@@H](NC(=O)OC(C)(C)C)C1CCCCC1)C(C)(C)C. The fourth-order valence-electron chi connectivity index (χ4n) is 6.25. The van der Waals surface area contributed by atoms with Crippen molar-refractivity contribution >= 4 is 35.5 Å². The number of ether oxygens (including phenoxy) is 1. The number of carbonyl (C=O) groups excluding carboxylic acids is 6. The summed E-state index contributed by atoms with van der Waals surface area (Å²) in [7, 11) is 0. The third-order valence-corrected chi connectivity index (χ3v) is 8.84. The van der Waals surface area contributed by atoms with E-state index in [9.17, 15) is 28.8 Å². The van der Waals surface area contributed by atoms with Crippen LogP contribution in [-0.4, -0.2) is 83.3 Å². The lowest BCUT2D eigenvalue weighted by molar-refractivity contribution is -0.145. The van der Waals surface area contributed by atoms with Gasteiger partial charge in [-0.2, -0.15) is 0 Å². The van der Waals surface area contributed by atoms with Crippen LogP contribution in [0.2, 0.25) is 0 Å². The summed E-state index contributed by atoms with van der Waals surface area (Å²) in [5, 5.41) is 11.0. The number of nitrogens with zero attached hydrogens (tertiary/aromatic N) is 1. The first-order valence-electron chi connectivity index (χ1n) is 16.9. The van der Waals surface area contributed by atoms with Gasteiger partial charge in [0.15, 0.2) is 0 Å². The monoisotopic (exact) mass is 645 g/mol. The summed E-state index contributed by atoms with van der Waals surface area (Å²) in [5.74, 6) is -2.72. The van der Waals surface area contributed by atoms with Crippen LogP contribution in [0.15, 0.2) is 12.7 Å². The highest BCUT2D eigenvalue weighted by molar-refractivity contribution is 6.38. The predicted molar refractivity (Wildman–Crippen MR) is 173 cm³/mol. The van der Waals surface area contributed by atoms with Gasteiger partial charge in [-0.15, -0.1) is 6.58 Å². The van der Waals surface area contributed by atoms with Crippen LogP contribution in [0.3, 0.4) is 0 Å². The lowest BCUT2D eigenvalue weighted by Crippen LogP contribution is -2.62. The van der Waals surface area contributed by atoms with Gasteiger partial charge in [0.2, 0.25) is 23.5 Å². The highest BCUT2D eigenvalue weighted by atomic mass is 16.6. The fourth-order valence-corrected chi connectivity index (χ4v) is 6.25. The molecule has 2 saturated carbocycles. The Morgan fingerprint density at radius 2 is 1.52 bits per heavy atom. The average molecular weight is 646 g/mol. The molecule has 0 aromatic heterocycles. The number of hydrogen-bond donors (Lipinski definition) is 4. The molecule has 1 saturated heterocycles. The van der Waals surface area contributed by atoms with E-state index in [1.807, 2.05) is 20.8 Å². The number of Topliss-reactive ketones (excluding diaryl/α,β-unsaturated/α-hetero) is 1. The second kappa shape index (κ2) is 15.9. The van der Waals surface area contributed by atoms with E-state index in [0.29, 0.717) is 25.8 Å². The van der Waals surface area contributed by atoms with E-state index in [0.717, 1.165) is 44.9 Å². The Labute approximate surface area is 273 Å². The quantitative estimate of drug-likeness (QED) is 0.177. The minimum atomic E-state index is -0.992. The van der Waals surface area contributed by atoms with Gasteiger partial charge in [0.1, 0.15) is 23.7 Å². The first kappa shape index (κ1) is 37.0. The van der Waals surface area contributed by atoms with Crippen LogP contribution in [0.5, 0.6) is 0 Å². The van der Waals surface area contributed by atoms with Gasteiger partial charge in [0, 0.05) is 13.1 Å². The molecular weight excluding hydrogens is 590 g/mol.